The fraction of sp³-hybridized carbons (Fsp3) is 0.500. The van der Waals surface area contributed by atoms with E-state index in [1.807, 2.05) is 11.8 Å². The van der Waals surface area contributed by atoms with Gasteiger partial charge in [-0.25, -0.2) is 9.78 Å². The molecule has 1 aromatic rings. The quantitative estimate of drug-likeness (QED) is 0.801. The molecule has 5 nitrogen and oxygen atoms in total. The lowest BCUT2D eigenvalue weighted by atomic mass is 9.96. The standard InChI is InChI=1S/C12H16N2O3/c1-8-3-5-14(7-11(8)15)9-2-4-13-10(6-9)12(16)17/h2,4,6,8,11,15H,3,5,7H2,1H3,(H,16,17). The number of carboxylic acid groups (broad SMARTS) is 1. The maximum Gasteiger partial charge on any atom is 0.354 e. The fourth-order valence-electron chi connectivity index (χ4n) is 2.02. The van der Waals surface area contributed by atoms with Crippen LogP contribution in [0.5, 0.6) is 0 Å². The summed E-state index contributed by atoms with van der Waals surface area (Å²) < 4.78 is 0. The summed E-state index contributed by atoms with van der Waals surface area (Å²) >= 11 is 0. The lowest BCUT2D eigenvalue weighted by Crippen LogP contribution is -2.42. The third kappa shape index (κ3) is 2.55. The van der Waals surface area contributed by atoms with Gasteiger partial charge in [0.2, 0.25) is 0 Å². The number of carbonyl (C=O) groups is 1. The van der Waals surface area contributed by atoms with Crippen LogP contribution in [0, 0.1) is 5.92 Å². The van der Waals surface area contributed by atoms with Gasteiger partial charge in [-0.3, -0.25) is 0 Å². The molecule has 92 valence electrons. The van der Waals surface area contributed by atoms with E-state index in [2.05, 4.69) is 4.98 Å². The third-order valence-corrected chi connectivity index (χ3v) is 3.25. The molecule has 1 aromatic heterocycles. The van der Waals surface area contributed by atoms with Gasteiger partial charge in [0, 0.05) is 25.0 Å². The van der Waals surface area contributed by atoms with Gasteiger partial charge in [-0.15, -0.1) is 0 Å². The Kier molecular flexibility index (Phi) is 3.28. The minimum Gasteiger partial charge on any atom is -0.477 e. The van der Waals surface area contributed by atoms with Crippen LogP contribution in [0.25, 0.3) is 0 Å². The van der Waals surface area contributed by atoms with Crippen molar-refractivity contribution in [2.75, 3.05) is 18.0 Å². The molecule has 2 N–H and O–H groups in total. The summed E-state index contributed by atoms with van der Waals surface area (Å²) in [5.41, 5.74) is 0.846. The zero-order chi connectivity index (χ0) is 12.4. The van der Waals surface area contributed by atoms with Gasteiger partial charge in [-0.05, 0) is 24.5 Å². The molecule has 17 heavy (non-hydrogen) atoms. The molecule has 0 saturated carbocycles. The topological polar surface area (TPSA) is 73.7 Å². The van der Waals surface area contributed by atoms with Crippen molar-refractivity contribution in [1.29, 1.82) is 0 Å². The minimum atomic E-state index is -1.03. The monoisotopic (exact) mass is 236 g/mol. The number of rotatable bonds is 2. The van der Waals surface area contributed by atoms with Gasteiger partial charge in [0.1, 0.15) is 5.69 Å². The fourth-order valence-corrected chi connectivity index (χ4v) is 2.02. The van der Waals surface area contributed by atoms with E-state index in [0.717, 1.165) is 18.7 Å². The van der Waals surface area contributed by atoms with Gasteiger partial charge < -0.3 is 15.1 Å². The van der Waals surface area contributed by atoms with Crippen LogP contribution >= 0.6 is 0 Å². The van der Waals surface area contributed by atoms with Crippen LogP contribution in [0.2, 0.25) is 0 Å². The Labute approximate surface area is 99.7 Å². The summed E-state index contributed by atoms with van der Waals surface area (Å²) in [5.74, 6) is -0.732. The summed E-state index contributed by atoms with van der Waals surface area (Å²) in [6.07, 6.45) is 2.04. The number of nitrogens with zero attached hydrogens (tertiary/aromatic N) is 2. The van der Waals surface area contributed by atoms with Crippen LogP contribution in [0.15, 0.2) is 18.3 Å². The average Bonchev–Trinajstić information content (AvgIpc) is 2.33. The van der Waals surface area contributed by atoms with Crippen LogP contribution in [0.4, 0.5) is 5.69 Å². The number of aliphatic hydroxyl groups is 1. The second kappa shape index (κ2) is 4.71. The van der Waals surface area contributed by atoms with E-state index >= 15 is 0 Å². The Balaban J connectivity index is 2.17. The highest BCUT2D eigenvalue weighted by atomic mass is 16.4. The van der Waals surface area contributed by atoms with Crippen LogP contribution in [-0.2, 0) is 0 Å². The lowest BCUT2D eigenvalue weighted by Gasteiger charge is -2.35. The summed E-state index contributed by atoms with van der Waals surface area (Å²) in [7, 11) is 0. The summed E-state index contributed by atoms with van der Waals surface area (Å²) in [4.78, 5) is 16.6. The highest BCUT2D eigenvalue weighted by Crippen LogP contribution is 2.23. The zero-order valence-corrected chi connectivity index (χ0v) is 9.71. The molecule has 0 amide bonds. The number of piperidine rings is 1. The number of aromatic nitrogens is 1. The van der Waals surface area contributed by atoms with Gasteiger partial charge in [-0.1, -0.05) is 6.92 Å². The van der Waals surface area contributed by atoms with Crippen LogP contribution in [0.1, 0.15) is 23.8 Å². The molecule has 1 saturated heterocycles. The highest BCUT2D eigenvalue weighted by Gasteiger charge is 2.24. The average molecular weight is 236 g/mol. The second-order valence-electron chi connectivity index (χ2n) is 4.48. The molecule has 2 heterocycles. The molecule has 2 atom stereocenters. The predicted octanol–water partition coefficient (Wildman–Crippen LogP) is 0.987. The molecular formula is C12H16N2O3. The Morgan fingerprint density at radius 1 is 1.59 bits per heavy atom. The number of β-amino-alcohol motifs (C(OH)–C–C–N with tert-alkyl or cyclic N) is 1. The molecule has 0 aliphatic carbocycles. The first-order valence-corrected chi connectivity index (χ1v) is 5.70. The van der Waals surface area contributed by atoms with Crippen molar-refractivity contribution < 1.29 is 15.0 Å². The first-order valence-electron chi connectivity index (χ1n) is 5.70. The van der Waals surface area contributed by atoms with Crippen molar-refractivity contribution >= 4 is 11.7 Å². The van der Waals surface area contributed by atoms with Crippen molar-refractivity contribution in [2.24, 2.45) is 5.92 Å². The van der Waals surface area contributed by atoms with Crippen molar-refractivity contribution in [3.8, 4) is 0 Å². The van der Waals surface area contributed by atoms with Crippen molar-refractivity contribution in [3.05, 3.63) is 24.0 Å². The van der Waals surface area contributed by atoms with E-state index in [4.69, 9.17) is 5.11 Å². The Morgan fingerprint density at radius 3 is 3.00 bits per heavy atom. The van der Waals surface area contributed by atoms with Crippen LogP contribution in [-0.4, -0.2) is 40.4 Å². The molecule has 2 rings (SSSR count). The summed E-state index contributed by atoms with van der Waals surface area (Å²) in [5, 5.41) is 18.7. The summed E-state index contributed by atoms with van der Waals surface area (Å²) in [6.45, 7) is 3.41. The largest absolute Gasteiger partial charge is 0.477 e. The van der Waals surface area contributed by atoms with E-state index in [0.29, 0.717) is 12.5 Å². The van der Waals surface area contributed by atoms with Gasteiger partial charge in [0.05, 0.1) is 6.10 Å². The molecule has 2 unspecified atom stereocenters. The highest BCUT2D eigenvalue weighted by molar-refractivity contribution is 5.86. The minimum absolute atomic E-state index is 0.0376. The first kappa shape index (κ1) is 11.9. The second-order valence-corrected chi connectivity index (χ2v) is 4.48. The molecule has 1 fully saturated rings. The Morgan fingerprint density at radius 2 is 2.35 bits per heavy atom. The van der Waals surface area contributed by atoms with Gasteiger partial charge in [-0.2, -0.15) is 0 Å². The normalized spacial score (nSPS) is 24.7. The van der Waals surface area contributed by atoms with Crippen molar-refractivity contribution in [1.82, 2.24) is 4.98 Å². The number of carboxylic acids is 1. The Hall–Kier alpha value is -1.62. The predicted molar refractivity (Wildman–Crippen MR) is 63.2 cm³/mol. The van der Waals surface area contributed by atoms with Gasteiger partial charge >= 0.3 is 5.97 Å². The SMILES string of the molecule is CC1CCN(c2ccnc(C(=O)O)c2)CC1O. The number of hydrogen-bond donors (Lipinski definition) is 2. The molecule has 0 spiro atoms. The zero-order valence-electron chi connectivity index (χ0n) is 9.71. The summed E-state index contributed by atoms with van der Waals surface area (Å²) in [6, 6.07) is 3.32. The number of hydrogen-bond acceptors (Lipinski definition) is 4. The molecule has 0 aromatic carbocycles. The molecule has 0 bridgehead atoms. The van der Waals surface area contributed by atoms with Gasteiger partial charge in [0.25, 0.3) is 0 Å². The van der Waals surface area contributed by atoms with Crippen molar-refractivity contribution in [3.63, 3.8) is 0 Å². The lowest BCUT2D eigenvalue weighted by molar-refractivity contribution is 0.0690. The molecular weight excluding hydrogens is 220 g/mol. The Bertz CT molecular complexity index is 422. The van der Waals surface area contributed by atoms with E-state index in [9.17, 15) is 9.90 Å². The number of aliphatic hydroxyl groups excluding tert-OH is 1. The number of aromatic carboxylic acids is 1. The molecule has 0 radical (unpaired) electrons. The number of anilines is 1. The maximum absolute atomic E-state index is 10.8. The van der Waals surface area contributed by atoms with Crippen LogP contribution < -0.4 is 4.90 Å². The number of pyridine rings is 1. The molecule has 1 aliphatic heterocycles. The van der Waals surface area contributed by atoms with Crippen LogP contribution in [0.3, 0.4) is 0 Å². The first-order chi connectivity index (χ1) is 8.08. The maximum atomic E-state index is 10.8. The smallest absolute Gasteiger partial charge is 0.354 e. The van der Waals surface area contributed by atoms with E-state index in [1.54, 1.807) is 12.1 Å². The van der Waals surface area contributed by atoms with Crippen molar-refractivity contribution in [2.45, 2.75) is 19.4 Å². The van der Waals surface area contributed by atoms with E-state index in [-0.39, 0.29) is 11.8 Å². The van der Waals surface area contributed by atoms with E-state index < -0.39 is 5.97 Å². The molecule has 1 aliphatic rings. The van der Waals surface area contributed by atoms with E-state index in [1.165, 1.54) is 6.20 Å². The van der Waals surface area contributed by atoms with Gasteiger partial charge in [0.15, 0.2) is 0 Å². The third-order valence-electron chi connectivity index (χ3n) is 3.25. The molecule has 5 heteroatoms.